The smallest absolute Gasteiger partial charge is 0.246 e. The largest absolute Gasteiger partial charge is 0.454 e. The van der Waals surface area contributed by atoms with Crippen LogP contribution in [-0.4, -0.2) is 49.7 Å². The molecule has 4 rings (SSSR count). The second-order valence-electron chi connectivity index (χ2n) is 6.97. The van der Waals surface area contributed by atoms with Crippen LogP contribution in [0.25, 0.3) is 0 Å². The van der Waals surface area contributed by atoms with E-state index in [0.717, 1.165) is 72.7 Å². The summed E-state index contributed by atoms with van der Waals surface area (Å²) in [6.45, 7) is 5.30. The number of hydrogen-bond donors (Lipinski definition) is 1. The van der Waals surface area contributed by atoms with Crippen molar-refractivity contribution >= 4 is 28.1 Å². The zero-order valence-electron chi connectivity index (χ0n) is 16.3. The Balaban J connectivity index is 1.23. The average Bonchev–Trinajstić information content (AvgIpc) is 3.40. The van der Waals surface area contributed by atoms with E-state index in [0.29, 0.717) is 0 Å². The van der Waals surface area contributed by atoms with Gasteiger partial charge in [0.2, 0.25) is 12.7 Å². The number of hydrazone groups is 1. The monoisotopic (exact) mass is 416 g/mol. The summed E-state index contributed by atoms with van der Waals surface area (Å²) in [5, 5.41) is 7.09. The highest BCUT2D eigenvalue weighted by molar-refractivity contribution is 7.13. The number of fused-ring (bicyclic) bond motifs is 1. The van der Waals surface area contributed by atoms with E-state index in [4.69, 9.17) is 14.2 Å². The van der Waals surface area contributed by atoms with Gasteiger partial charge in [-0.05, 0) is 37.5 Å². The topological polar surface area (TPSA) is 85.3 Å². The third-order valence-corrected chi connectivity index (χ3v) is 5.70. The summed E-state index contributed by atoms with van der Waals surface area (Å²) < 4.78 is 16.1. The van der Waals surface area contributed by atoms with E-state index in [1.807, 2.05) is 30.5 Å². The van der Waals surface area contributed by atoms with E-state index in [1.165, 1.54) is 0 Å². The van der Waals surface area contributed by atoms with E-state index in [2.05, 4.69) is 20.4 Å². The maximum Gasteiger partial charge on any atom is 0.246 e. The number of thiazole rings is 1. The molecule has 8 nitrogen and oxygen atoms in total. The molecule has 1 aromatic carbocycles. The lowest BCUT2D eigenvalue weighted by Gasteiger charge is -2.26. The van der Waals surface area contributed by atoms with Gasteiger partial charge in [0.25, 0.3) is 0 Å². The van der Waals surface area contributed by atoms with Crippen LogP contribution in [0.2, 0.25) is 0 Å². The van der Waals surface area contributed by atoms with E-state index >= 15 is 0 Å². The van der Waals surface area contributed by atoms with Gasteiger partial charge in [-0.3, -0.25) is 4.79 Å². The van der Waals surface area contributed by atoms with Crippen LogP contribution >= 0.6 is 11.3 Å². The van der Waals surface area contributed by atoms with Gasteiger partial charge in [0, 0.05) is 24.2 Å². The van der Waals surface area contributed by atoms with Crippen molar-refractivity contribution in [2.24, 2.45) is 5.10 Å². The Hall–Kier alpha value is -2.65. The number of nitrogens with zero attached hydrogens (tertiary/aromatic N) is 3. The highest BCUT2D eigenvalue weighted by Crippen LogP contribution is 2.32. The Morgan fingerprint density at radius 3 is 2.97 bits per heavy atom. The van der Waals surface area contributed by atoms with Crippen molar-refractivity contribution in [3.63, 3.8) is 0 Å². The summed E-state index contributed by atoms with van der Waals surface area (Å²) in [5.74, 6) is 1.40. The fourth-order valence-electron chi connectivity index (χ4n) is 3.12. The fraction of sp³-hybridized carbons (Fsp3) is 0.450. The van der Waals surface area contributed by atoms with Gasteiger partial charge in [-0.1, -0.05) is 6.07 Å². The number of amides is 1. The number of morpholine rings is 1. The van der Waals surface area contributed by atoms with Crippen molar-refractivity contribution in [3.05, 3.63) is 34.8 Å². The van der Waals surface area contributed by atoms with E-state index in [-0.39, 0.29) is 19.1 Å². The first kappa shape index (κ1) is 19.7. The molecule has 154 valence electrons. The number of carbonyl (C=O) groups is 1. The summed E-state index contributed by atoms with van der Waals surface area (Å²) in [6.07, 6.45) is 1.79. The summed E-state index contributed by atoms with van der Waals surface area (Å²) in [6, 6.07) is 5.93. The molecule has 0 aliphatic carbocycles. The van der Waals surface area contributed by atoms with Crippen molar-refractivity contribution in [2.75, 3.05) is 38.0 Å². The van der Waals surface area contributed by atoms with Gasteiger partial charge in [0.1, 0.15) is 0 Å². The molecule has 3 heterocycles. The molecule has 9 heteroatoms. The van der Waals surface area contributed by atoms with Crippen molar-refractivity contribution in [3.8, 4) is 11.5 Å². The molecule has 0 spiro atoms. The lowest BCUT2D eigenvalue weighted by Crippen LogP contribution is -2.36. The molecule has 1 amide bonds. The summed E-state index contributed by atoms with van der Waals surface area (Å²) in [4.78, 5) is 18.9. The molecule has 0 atom stereocenters. The van der Waals surface area contributed by atoms with Gasteiger partial charge < -0.3 is 19.1 Å². The molecular weight excluding hydrogens is 392 g/mol. The predicted octanol–water partition coefficient (Wildman–Crippen LogP) is 2.38. The highest BCUT2D eigenvalue weighted by Gasteiger charge is 2.16. The molecule has 2 aromatic rings. The zero-order chi connectivity index (χ0) is 20.1. The van der Waals surface area contributed by atoms with Crippen LogP contribution in [0.3, 0.4) is 0 Å². The number of aromatic nitrogens is 1. The van der Waals surface area contributed by atoms with E-state index in [1.54, 1.807) is 11.3 Å². The van der Waals surface area contributed by atoms with Crippen LogP contribution in [0.4, 0.5) is 5.13 Å². The average molecular weight is 417 g/mol. The number of anilines is 1. The number of aryl methyl sites for hydroxylation is 1. The van der Waals surface area contributed by atoms with E-state index in [9.17, 15) is 4.79 Å². The Morgan fingerprint density at radius 1 is 1.28 bits per heavy atom. The minimum Gasteiger partial charge on any atom is -0.454 e. The summed E-state index contributed by atoms with van der Waals surface area (Å²) >= 11 is 1.56. The number of rotatable bonds is 7. The number of carbonyl (C=O) groups excluding carboxylic acids is 1. The fourth-order valence-corrected chi connectivity index (χ4v) is 4.00. The van der Waals surface area contributed by atoms with Crippen LogP contribution in [0.15, 0.2) is 28.7 Å². The van der Waals surface area contributed by atoms with Crippen molar-refractivity contribution in [2.45, 2.75) is 26.2 Å². The molecule has 2 aliphatic rings. The molecule has 0 bridgehead atoms. The zero-order valence-corrected chi connectivity index (χ0v) is 17.2. The second kappa shape index (κ2) is 9.23. The van der Waals surface area contributed by atoms with Crippen molar-refractivity contribution < 1.29 is 19.0 Å². The van der Waals surface area contributed by atoms with Gasteiger partial charge in [-0.15, -0.1) is 11.3 Å². The molecular formula is C20H24N4O4S. The van der Waals surface area contributed by atoms with Crippen LogP contribution < -0.4 is 19.8 Å². The van der Waals surface area contributed by atoms with Gasteiger partial charge in [0.05, 0.1) is 25.3 Å². The quantitative estimate of drug-likeness (QED) is 0.551. The first-order chi connectivity index (χ1) is 14.2. The van der Waals surface area contributed by atoms with Gasteiger partial charge >= 0.3 is 0 Å². The van der Waals surface area contributed by atoms with Gasteiger partial charge in [-0.25, -0.2) is 10.4 Å². The minimum atomic E-state index is -0.161. The lowest BCUT2D eigenvalue weighted by atomic mass is 10.1. The number of nitrogens with one attached hydrogen (secondary N) is 1. The molecule has 2 aliphatic heterocycles. The molecule has 0 unspecified atom stereocenters. The van der Waals surface area contributed by atoms with Gasteiger partial charge in [0.15, 0.2) is 16.6 Å². The first-order valence-electron chi connectivity index (χ1n) is 9.65. The third-order valence-electron chi connectivity index (χ3n) is 4.75. The van der Waals surface area contributed by atoms with Gasteiger partial charge in [-0.2, -0.15) is 5.10 Å². The standard InChI is InChI=1S/C20H24N4O4S/c1-14(2-3-15-4-5-17-18(10-15)28-13-27-17)22-23-19(25)11-16-12-29-20(21-16)24-6-8-26-9-7-24/h4-5,10,12H,2-3,6-9,11,13H2,1H3,(H,23,25). The molecule has 0 saturated carbocycles. The molecule has 1 saturated heterocycles. The summed E-state index contributed by atoms with van der Waals surface area (Å²) in [7, 11) is 0. The third kappa shape index (κ3) is 5.24. The summed E-state index contributed by atoms with van der Waals surface area (Å²) in [5.41, 5.74) is 5.41. The van der Waals surface area contributed by atoms with Crippen molar-refractivity contribution in [1.82, 2.24) is 10.4 Å². The van der Waals surface area contributed by atoms with Crippen LogP contribution in [0, 0.1) is 0 Å². The number of benzene rings is 1. The normalized spacial score (nSPS) is 16.2. The SMILES string of the molecule is CC(CCc1ccc2c(c1)OCO2)=NNC(=O)Cc1csc(N2CCOCC2)n1. The second-order valence-corrected chi connectivity index (χ2v) is 7.80. The van der Waals surface area contributed by atoms with Crippen LogP contribution in [0.1, 0.15) is 24.6 Å². The predicted molar refractivity (Wildman–Crippen MR) is 111 cm³/mol. The molecule has 1 N–H and O–H groups in total. The maximum absolute atomic E-state index is 12.2. The first-order valence-corrected chi connectivity index (χ1v) is 10.5. The van der Waals surface area contributed by atoms with E-state index < -0.39 is 0 Å². The Bertz CT molecular complexity index is 892. The molecule has 1 fully saturated rings. The number of hydrogen-bond acceptors (Lipinski definition) is 8. The molecule has 0 radical (unpaired) electrons. The van der Waals surface area contributed by atoms with Crippen LogP contribution in [0.5, 0.6) is 11.5 Å². The maximum atomic E-state index is 12.2. The molecule has 29 heavy (non-hydrogen) atoms. The molecule has 1 aromatic heterocycles. The Labute approximate surface area is 173 Å². The Morgan fingerprint density at radius 2 is 2.10 bits per heavy atom. The minimum absolute atomic E-state index is 0.161. The number of ether oxygens (including phenoxy) is 3. The lowest BCUT2D eigenvalue weighted by molar-refractivity contribution is -0.120. The van der Waals surface area contributed by atoms with Crippen molar-refractivity contribution in [1.29, 1.82) is 0 Å². The van der Waals surface area contributed by atoms with Crippen LogP contribution in [-0.2, 0) is 22.4 Å². The Kier molecular flexibility index (Phi) is 6.26. The highest BCUT2D eigenvalue weighted by atomic mass is 32.1.